The predicted octanol–water partition coefficient (Wildman–Crippen LogP) is 1.43. The Kier molecular flexibility index (Phi) is 3.25. The second-order valence-corrected chi connectivity index (χ2v) is 6.61. The van der Waals surface area contributed by atoms with E-state index in [-0.39, 0.29) is 11.7 Å². The number of imidazole rings is 1. The van der Waals surface area contributed by atoms with Gasteiger partial charge in [-0.15, -0.1) is 0 Å². The highest BCUT2D eigenvalue weighted by molar-refractivity contribution is 7.90. The molecule has 0 bridgehead atoms. The second kappa shape index (κ2) is 4.96. The Bertz CT molecular complexity index is 895. The zero-order valence-corrected chi connectivity index (χ0v) is 12.5. The van der Waals surface area contributed by atoms with Crippen molar-refractivity contribution >= 4 is 20.9 Å². The van der Waals surface area contributed by atoms with Crippen LogP contribution in [0.1, 0.15) is 18.6 Å². The number of hydrogen-bond acceptors (Lipinski definition) is 6. The molecule has 8 heteroatoms. The zero-order chi connectivity index (χ0) is 15.0. The summed E-state index contributed by atoms with van der Waals surface area (Å²) in [5, 5.41) is 3.82. The van der Waals surface area contributed by atoms with Gasteiger partial charge in [-0.3, -0.25) is 0 Å². The van der Waals surface area contributed by atoms with Crippen LogP contribution in [-0.2, 0) is 22.8 Å². The van der Waals surface area contributed by atoms with Crippen molar-refractivity contribution in [3.63, 3.8) is 0 Å². The normalized spacial score (nSPS) is 12.1. The predicted molar refractivity (Wildman–Crippen MR) is 75.6 cm³/mol. The molecule has 0 saturated carbocycles. The number of para-hydroxylation sites is 2. The van der Waals surface area contributed by atoms with Crippen molar-refractivity contribution in [2.24, 2.45) is 0 Å². The average molecular weight is 306 g/mol. The van der Waals surface area contributed by atoms with E-state index in [0.717, 1.165) is 6.26 Å². The summed E-state index contributed by atoms with van der Waals surface area (Å²) >= 11 is 0. The molecule has 0 spiro atoms. The van der Waals surface area contributed by atoms with Crippen molar-refractivity contribution in [2.45, 2.75) is 25.0 Å². The molecule has 0 saturated heterocycles. The molecular weight excluding hydrogens is 292 g/mol. The van der Waals surface area contributed by atoms with Crippen LogP contribution in [0.3, 0.4) is 0 Å². The van der Waals surface area contributed by atoms with E-state index < -0.39 is 9.84 Å². The highest BCUT2D eigenvalue weighted by atomic mass is 32.2. The molecule has 0 aliphatic carbocycles. The summed E-state index contributed by atoms with van der Waals surface area (Å²) < 4.78 is 30.6. The molecule has 0 N–H and O–H groups in total. The van der Waals surface area contributed by atoms with Crippen LogP contribution < -0.4 is 0 Å². The number of nitrogens with zero attached hydrogens (tertiary/aromatic N) is 4. The lowest BCUT2D eigenvalue weighted by molar-refractivity contribution is 0.364. The van der Waals surface area contributed by atoms with Gasteiger partial charge in [-0.1, -0.05) is 24.2 Å². The first-order chi connectivity index (χ1) is 9.99. The van der Waals surface area contributed by atoms with Gasteiger partial charge in [0, 0.05) is 12.7 Å². The number of aryl methyl sites for hydroxylation is 1. The fourth-order valence-corrected chi connectivity index (χ4v) is 2.95. The summed E-state index contributed by atoms with van der Waals surface area (Å²) in [6.45, 7) is 2.10. The molecular formula is C13H14N4O3S. The maximum atomic E-state index is 11.9. The van der Waals surface area contributed by atoms with Gasteiger partial charge in [0.25, 0.3) is 0 Å². The highest BCUT2D eigenvalue weighted by Crippen LogP contribution is 2.20. The van der Waals surface area contributed by atoms with Gasteiger partial charge in [0.2, 0.25) is 20.9 Å². The minimum Gasteiger partial charge on any atom is -0.337 e. The topological polar surface area (TPSA) is 90.9 Å². The first kappa shape index (κ1) is 13.7. The molecule has 0 aliphatic heterocycles. The molecule has 2 heterocycles. The van der Waals surface area contributed by atoms with Crippen molar-refractivity contribution < 1.29 is 12.9 Å². The lowest BCUT2D eigenvalue weighted by Gasteiger charge is -2.04. The summed E-state index contributed by atoms with van der Waals surface area (Å²) in [5.74, 6) is 0.954. The Morgan fingerprint density at radius 2 is 2.00 bits per heavy atom. The highest BCUT2D eigenvalue weighted by Gasteiger charge is 2.20. The molecule has 0 amide bonds. The average Bonchev–Trinajstić information content (AvgIpc) is 3.04. The Labute approximate surface area is 121 Å². The first-order valence-electron chi connectivity index (χ1n) is 6.46. The number of fused-ring (bicyclic) bond motifs is 1. The van der Waals surface area contributed by atoms with E-state index in [4.69, 9.17) is 4.52 Å². The standard InChI is InChI=1S/C13H14N4O3S/c1-3-11-15-12(20-16-11)8-17-10-7-5-4-6-9(10)14-13(17)21(2,18)19/h4-7H,3,8H2,1-2H3. The van der Waals surface area contributed by atoms with E-state index in [1.165, 1.54) is 0 Å². The third-order valence-electron chi connectivity index (χ3n) is 3.07. The lowest BCUT2D eigenvalue weighted by Crippen LogP contribution is -2.10. The maximum Gasteiger partial charge on any atom is 0.246 e. The molecule has 21 heavy (non-hydrogen) atoms. The third kappa shape index (κ3) is 2.54. The Morgan fingerprint density at radius 3 is 2.67 bits per heavy atom. The Balaban J connectivity index is 2.15. The maximum absolute atomic E-state index is 11.9. The van der Waals surface area contributed by atoms with Crippen LogP contribution in [0.5, 0.6) is 0 Å². The molecule has 0 atom stereocenters. The summed E-state index contributed by atoms with van der Waals surface area (Å²) in [6, 6.07) is 7.23. The van der Waals surface area contributed by atoms with Crippen molar-refractivity contribution in [1.82, 2.24) is 19.7 Å². The molecule has 110 valence electrons. The molecule has 0 radical (unpaired) electrons. The van der Waals surface area contributed by atoms with Gasteiger partial charge in [-0.25, -0.2) is 13.4 Å². The quantitative estimate of drug-likeness (QED) is 0.724. The van der Waals surface area contributed by atoms with Gasteiger partial charge in [0.1, 0.15) is 6.54 Å². The van der Waals surface area contributed by atoms with Gasteiger partial charge in [-0.05, 0) is 12.1 Å². The van der Waals surface area contributed by atoms with Gasteiger partial charge >= 0.3 is 0 Å². The molecule has 3 rings (SSSR count). The number of sulfone groups is 1. The van der Waals surface area contributed by atoms with Crippen LogP contribution in [0.2, 0.25) is 0 Å². The molecule has 0 aliphatic rings. The lowest BCUT2D eigenvalue weighted by atomic mass is 10.3. The van der Waals surface area contributed by atoms with Crippen LogP contribution in [-0.4, -0.2) is 34.4 Å². The Hall–Kier alpha value is -2.22. The van der Waals surface area contributed by atoms with Crippen LogP contribution in [0.25, 0.3) is 11.0 Å². The van der Waals surface area contributed by atoms with Gasteiger partial charge in [0.15, 0.2) is 5.82 Å². The fourth-order valence-electron chi connectivity index (χ4n) is 2.12. The van der Waals surface area contributed by atoms with E-state index in [2.05, 4.69) is 15.1 Å². The van der Waals surface area contributed by atoms with Gasteiger partial charge in [0.05, 0.1) is 11.0 Å². The largest absolute Gasteiger partial charge is 0.337 e. The van der Waals surface area contributed by atoms with Crippen molar-refractivity contribution in [2.75, 3.05) is 6.26 Å². The minimum absolute atomic E-state index is 0.0000477. The molecule has 3 aromatic rings. The smallest absolute Gasteiger partial charge is 0.246 e. The van der Waals surface area contributed by atoms with Crippen LogP contribution in [0.15, 0.2) is 33.9 Å². The van der Waals surface area contributed by atoms with E-state index in [1.807, 2.05) is 25.1 Å². The minimum atomic E-state index is -3.45. The van der Waals surface area contributed by atoms with Crippen LogP contribution in [0, 0.1) is 0 Å². The fraction of sp³-hybridized carbons (Fsp3) is 0.308. The first-order valence-corrected chi connectivity index (χ1v) is 8.35. The van der Waals surface area contributed by atoms with Crippen LogP contribution in [0.4, 0.5) is 0 Å². The molecule has 1 aromatic carbocycles. The zero-order valence-electron chi connectivity index (χ0n) is 11.6. The molecule has 2 aromatic heterocycles. The molecule has 0 fully saturated rings. The number of benzene rings is 1. The van der Waals surface area contributed by atoms with E-state index in [1.54, 1.807) is 10.6 Å². The Morgan fingerprint density at radius 1 is 1.24 bits per heavy atom. The van der Waals surface area contributed by atoms with Crippen molar-refractivity contribution in [3.8, 4) is 0 Å². The van der Waals surface area contributed by atoms with Crippen molar-refractivity contribution in [3.05, 3.63) is 36.0 Å². The summed E-state index contributed by atoms with van der Waals surface area (Å²) in [4.78, 5) is 8.40. The number of rotatable bonds is 4. The second-order valence-electron chi connectivity index (χ2n) is 4.70. The van der Waals surface area contributed by atoms with Crippen molar-refractivity contribution in [1.29, 1.82) is 0 Å². The molecule has 7 nitrogen and oxygen atoms in total. The number of hydrogen-bond donors (Lipinski definition) is 0. The summed E-state index contributed by atoms with van der Waals surface area (Å²) in [5.41, 5.74) is 1.34. The van der Waals surface area contributed by atoms with E-state index >= 15 is 0 Å². The monoisotopic (exact) mass is 306 g/mol. The van der Waals surface area contributed by atoms with Gasteiger partial charge in [-0.2, -0.15) is 4.98 Å². The summed E-state index contributed by atoms with van der Waals surface area (Å²) in [7, 11) is -3.45. The van der Waals surface area contributed by atoms with Gasteiger partial charge < -0.3 is 9.09 Å². The number of aromatic nitrogens is 4. The SMILES string of the molecule is CCc1noc(Cn2c(S(C)(=O)=O)nc3ccccc32)n1. The van der Waals surface area contributed by atoms with E-state index in [0.29, 0.717) is 29.2 Å². The third-order valence-corrected chi connectivity index (χ3v) is 4.05. The summed E-state index contributed by atoms with van der Waals surface area (Å²) in [6.07, 6.45) is 1.79. The van der Waals surface area contributed by atoms with E-state index in [9.17, 15) is 8.42 Å². The van der Waals surface area contributed by atoms with Crippen LogP contribution >= 0.6 is 0 Å². The molecule has 0 unspecified atom stereocenters.